The number of ether oxygens (including phenoxy) is 1. The van der Waals surface area contributed by atoms with E-state index in [0.29, 0.717) is 13.0 Å². The lowest BCUT2D eigenvalue weighted by Gasteiger charge is -2.03. The van der Waals surface area contributed by atoms with Crippen LogP contribution in [0.1, 0.15) is 13.3 Å². The summed E-state index contributed by atoms with van der Waals surface area (Å²) in [4.78, 5) is 10.1. The second-order valence-corrected chi connectivity index (χ2v) is 1.79. The minimum atomic E-state index is -0.385. The standard InChI is InChI=1S/C5H12N2O2/c1-4(8)9-3-2-5(6)7/h5H,2-3,6-7H2,1H3. The first kappa shape index (κ1) is 8.39. The van der Waals surface area contributed by atoms with E-state index >= 15 is 0 Å². The maximum atomic E-state index is 10.1. The molecule has 0 saturated heterocycles. The van der Waals surface area contributed by atoms with Crippen molar-refractivity contribution in [2.24, 2.45) is 11.5 Å². The first-order chi connectivity index (χ1) is 4.13. The van der Waals surface area contributed by atoms with E-state index in [1.165, 1.54) is 6.92 Å². The SMILES string of the molecule is CC(=O)OCCC(N)N. The summed E-state index contributed by atoms with van der Waals surface area (Å²) in [5, 5.41) is 0. The molecule has 0 amide bonds. The molecule has 0 unspecified atom stereocenters. The minimum Gasteiger partial charge on any atom is -0.466 e. The molecule has 0 aromatic heterocycles. The molecular weight excluding hydrogens is 120 g/mol. The summed E-state index contributed by atoms with van der Waals surface area (Å²) in [6.07, 6.45) is 0.129. The van der Waals surface area contributed by atoms with Crippen LogP contribution in [0.15, 0.2) is 0 Å². The summed E-state index contributed by atoms with van der Waals surface area (Å²) in [7, 11) is 0. The molecule has 0 rings (SSSR count). The van der Waals surface area contributed by atoms with Crippen molar-refractivity contribution in [1.29, 1.82) is 0 Å². The highest BCUT2D eigenvalue weighted by atomic mass is 16.5. The number of carbonyl (C=O) groups excluding carboxylic acids is 1. The summed E-state index contributed by atoms with van der Waals surface area (Å²) >= 11 is 0. The monoisotopic (exact) mass is 132 g/mol. The zero-order valence-electron chi connectivity index (χ0n) is 5.46. The molecule has 0 atom stereocenters. The van der Waals surface area contributed by atoms with Crippen LogP contribution in [0.5, 0.6) is 0 Å². The lowest BCUT2D eigenvalue weighted by atomic mass is 10.4. The molecule has 0 aromatic rings. The van der Waals surface area contributed by atoms with Gasteiger partial charge in [-0.1, -0.05) is 0 Å². The average molecular weight is 132 g/mol. The van der Waals surface area contributed by atoms with Gasteiger partial charge in [-0.25, -0.2) is 0 Å². The second kappa shape index (κ2) is 4.29. The fourth-order valence-corrected chi connectivity index (χ4v) is 0.339. The third-order valence-electron chi connectivity index (χ3n) is 0.757. The number of esters is 1. The molecule has 0 radical (unpaired) electrons. The highest BCUT2D eigenvalue weighted by Crippen LogP contribution is 1.82. The largest absolute Gasteiger partial charge is 0.466 e. The molecule has 4 heteroatoms. The van der Waals surface area contributed by atoms with Crippen LogP contribution in [0, 0.1) is 0 Å². The summed E-state index contributed by atoms with van der Waals surface area (Å²) in [5.41, 5.74) is 10.3. The summed E-state index contributed by atoms with van der Waals surface area (Å²) in [6, 6.07) is 0. The molecule has 0 aliphatic carbocycles. The maximum absolute atomic E-state index is 10.1. The fraction of sp³-hybridized carbons (Fsp3) is 0.800. The third kappa shape index (κ3) is 7.39. The number of hydrogen-bond donors (Lipinski definition) is 2. The molecule has 4 nitrogen and oxygen atoms in total. The van der Waals surface area contributed by atoms with Crippen molar-refractivity contribution in [3.05, 3.63) is 0 Å². The van der Waals surface area contributed by atoms with E-state index in [0.717, 1.165) is 0 Å². The summed E-state index contributed by atoms with van der Waals surface area (Å²) in [5.74, 6) is -0.296. The van der Waals surface area contributed by atoms with E-state index in [1.54, 1.807) is 0 Å². The van der Waals surface area contributed by atoms with Crippen molar-refractivity contribution in [2.45, 2.75) is 19.5 Å². The Morgan fingerprint density at radius 3 is 2.56 bits per heavy atom. The van der Waals surface area contributed by atoms with Crippen LogP contribution in [0.25, 0.3) is 0 Å². The van der Waals surface area contributed by atoms with Crippen molar-refractivity contribution in [2.75, 3.05) is 6.61 Å². The van der Waals surface area contributed by atoms with Gasteiger partial charge < -0.3 is 16.2 Å². The molecule has 0 heterocycles. The van der Waals surface area contributed by atoms with Crippen LogP contribution >= 0.6 is 0 Å². The molecule has 0 aromatic carbocycles. The third-order valence-corrected chi connectivity index (χ3v) is 0.757. The van der Waals surface area contributed by atoms with E-state index in [9.17, 15) is 4.79 Å². The molecule has 0 fully saturated rings. The van der Waals surface area contributed by atoms with Gasteiger partial charge in [0.2, 0.25) is 0 Å². The van der Waals surface area contributed by atoms with E-state index in [-0.39, 0.29) is 12.1 Å². The Labute approximate surface area is 54.2 Å². The Hall–Kier alpha value is -0.610. The van der Waals surface area contributed by atoms with E-state index in [4.69, 9.17) is 11.5 Å². The number of carbonyl (C=O) groups is 1. The fourth-order valence-electron chi connectivity index (χ4n) is 0.339. The number of nitrogens with two attached hydrogens (primary N) is 2. The van der Waals surface area contributed by atoms with Gasteiger partial charge in [-0.15, -0.1) is 0 Å². The topological polar surface area (TPSA) is 78.3 Å². The average Bonchev–Trinajstić information content (AvgIpc) is 1.63. The van der Waals surface area contributed by atoms with Gasteiger partial charge in [-0.2, -0.15) is 0 Å². The van der Waals surface area contributed by atoms with Gasteiger partial charge in [0.15, 0.2) is 0 Å². The van der Waals surface area contributed by atoms with Crippen molar-refractivity contribution in [3.63, 3.8) is 0 Å². The Balaban J connectivity index is 3.01. The zero-order valence-corrected chi connectivity index (χ0v) is 5.46. The van der Waals surface area contributed by atoms with Gasteiger partial charge in [-0.3, -0.25) is 4.79 Å². The normalized spacial score (nSPS) is 9.78. The van der Waals surface area contributed by atoms with Crippen LogP contribution in [0.4, 0.5) is 0 Å². The highest BCUT2D eigenvalue weighted by Gasteiger charge is 1.95. The van der Waals surface area contributed by atoms with Crippen LogP contribution in [-0.2, 0) is 9.53 Å². The molecule has 4 N–H and O–H groups in total. The Morgan fingerprint density at radius 1 is 1.67 bits per heavy atom. The van der Waals surface area contributed by atoms with Gasteiger partial charge in [-0.05, 0) is 0 Å². The molecule has 0 aliphatic rings. The number of rotatable bonds is 3. The minimum absolute atomic E-state index is 0.296. The van der Waals surface area contributed by atoms with Gasteiger partial charge >= 0.3 is 5.97 Å². The van der Waals surface area contributed by atoms with Crippen LogP contribution < -0.4 is 11.5 Å². The van der Waals surface area contributed by atoms with Crippen molar-refractivity contribution >= 4 is 5.97 Å². The maximum Gasteiger partial charge on any atom is 0.302 e. The molecule has 0 saturated carbocycles. The van der Waals surface area contributed by atoms with Crippen molar-refractivity contribution in [3.8, 4) is 0 Å². The second-order valence-electron chi connectivity index (χ2n) is 1.79. The summed E-state index contributed by atoms with van der Waals surface area (Å²) < 4.78 is 4.55. The first-order valence-electron chi connectivity index (χ1n) is 2.77. The molecule has 0 bridgehead atoms. The molecule has 0 aliphatic heterocycles. The lowest BCUT2D eigenvalue weighted by molar-refractivity contribution is -0.141. The quantitative estimate of drug-likeness (QED) is 0.388. The molecular formula is C5H12N2O2. The van der Waals surface area contributed by atoms with E-state index < -0.39 is 0 Å². The van der Waals surface area contributed by atoms with Gasteiger partial charge in [0.25, 0.3) is 0 Å². The number of hydrogen-bond acceptors (Lipinski definition) is 4. The Kier molecular flexibility index (Phi) is 4.00. The predicted molar refractivity (Wildman–Crippen MR) is 33.4 cm³/mol. The van der Waals surface area contributed by atoms with Crippen molar-refractivity contribution in [1.82, 2.24) is 0 Å². The van der Waals surface area contributed by atoms with E-state index in [1.807, 2.05) is 0 Å². The van der Waals surface area contributed by atoms with E-state index in [2.05, 4.69) is 4.74 Å². The van der Waals surface area contributed by atoms with Crippen LogP contribution in [0.2, 0.25) is 0 Å². The molecule has 9 heavy (non-hydrogen) atoms. The van der Waals surface area contributed by atoms with Crippen LogP contribution in [-0.4, -0.2) is 18.7 Å². The van der Waals surface area contributed by atoms with Crippen molar-refractivity contribution < 1.29 is 9.53 Å². The van der Waals surface area contributed by atoms with Crippen LogP contribution in [0.3, 0.4) is 0 Å². The molecule has 54 valence electrons. The zero-order chi connectivity index (χ0) is 7.28. The van der Waals surface area contributed by atoms with Gasteiger partial charge in [0.05, 0.1) is 12.8 Å². The smallest absolute Gasteiger partial charge is 0.302 e. The van der Waals surface area contributed by atoms with Gasteiger partial charge in [0, 0.05) is 13.3 Å². The predicted octanol–water partition coefficient (Wildman–Crippen LogP) is -0.817. The van der Waals surface area contributed by atoms with Gasteiger partial charge in [0.1, 0.15) is 0 Å². The summed E-state index contributed by atoms with van der Waals surface area (Å²) in [6.45, 7) is 1.66. The molecule has 0 spiro atoms. The highest BCUT2D eigenvalue weighted by molar-refractivity contribution is 5.65. The Bertz CT molecular complexity index is 93.0. The Morgan fingerprint density at radius 2 is 2.22 bits per heavy atom. The first-order valence-corrected chi connectivity index (χ1v) is 2.77. The lowest BCUT2D eigenvalue weighted by Crippen LogP contribution is -2.31.